The number of hydrogen-bond acceptors (Lipinski definition) is 7. The number of nitrogens with zero attached hydrogens (tertiary/aromatic N) is 3. The van der Waals surface area contributed by atoms with Gasteiger partial charge in [0, 0.05) is 11.6 Å². The Morgan fingerprint density at radius 1 is 1.19 bits per heavy atom. The third-order valence-corrected chi connectivity index (χ3v) is 6.38. The van der Waals surface area contributed by atoms with Gasteiger partial charge < -0.3 is 25.0 Å². The first-order valence-electron chi connectivity index (χ1n) is 11.3. The van der Waals surface area contributed by atoms with Crippen LogP contribution in [-0.4, -0.2) is 54.6 Å². The summed E-state index contributed by atoms with van der Waals surface area (Å²) in [5, 5.41) is 6.21. The van der Waals surface area contributed by atoms with Crippen LogP contribution >= 0.6 is 0 Å². The van der Waals surface area contributed by atoms with Crippen LogP contribution in [0, 0.1) is 12.7 Å². The first-order valence-corrected chi connectivity index (χ1v) is 11.3. The fraction of sp³-hybridized carbons (Fsp3) is 0.522. The molecule has 1 aromatic carbocycles. The topological polar surface area (TPSA) is 88.6 Å². The Balaban J connectivity index is 1.59. The number of carbonyl (C=O) groups excluding carboxylic acids is 1. The van der Waals surface area contributed by atoms with Gasteiger partial charge in [-0.2, -0.15) is 4.98 Å². The Labute approximate surface area is 186 Å². The standard InChI is InChI=1S/C23H28FN5O3/c1-14-11-15(24)7-8-17(14)20-19-21(28-23(27-20)25-12-18-31-9-10-32-18)29(13-26-22(19)30)16-5-3-2-4-6-16/h7-8,11,16,18H,2-6,9-10,12-13H2,1H3,(H,26,30)(H,25,27,28). The van der Waals surface area contributed by atoms with Gasteiger partial charge in [0.25, 0.3) is 5.91 Å². The molecule has 3 heterocycles. The van der Waals surface area contributed by atoms with Crippen molar-refractivity contribution >= 4 is 17.7 Å². The summed E-state index contributed by atoms with van der Waals surface area (Å²) in [6, 6.07) is 4.84. The molecule has 0 radical (unpaired) electrons. The van der Waals surface area contributed by atoms with Crippen LogP contribution < -0.4 is 15.5 Å². The molecule has 32 heavy (non-hydrogen) atoms. The zero-order chi connectivity index (χ0) is 22.1. The van der Waals surface area contributed by atoms with E-state index in [1.807, 2.05) is 6.92 Å². The average molecular weight is 442 g/mol. The first kappa shape index (κ1) is 21.1. The number of halogens is 1. The summed E-state index contributed by atoms with van der Waals surface area (Å²) in [4.78, 5) is 24.7. The van der Waals surface area contributed by atoms with E-state index in [-0.39, 0.29) is 18.0 Å². The Morgan fingerprint density at radius 2 is 1.97 bits per heavy atom. The lowest BCUT2D eigenvalue weighted by molar-refractivity contribution is -0.0300. The molecule has 170 valence electrons. The number of nitrogens with one attached hydrogen (secondary N) is 2. The fourth-order valence-electron chi connectivity index (χ4n) is 4.75. The van der Waals surface area contributed by atoms with E-state index in [0.29, 0.717) is 66.6 Å². The van der Waals surface area contributed by atoms with Gasteiger partial charge in [0.15, 0.2) is 6.29 Å². The van der Waals surface area contributed by atoms with Crippen molar-refractivity contribution in [2.45, 2.75) is 51.4 Å². The number of anilines is 2. The van der Waals surface area contributed by atoms with E-state index in [0.717, 1.165) is 12.8 Å². The molecule has 1 saturated heterocycles. The Morgan fingerprint density at radius 3 is 2.72 bits per heavy atom. The summed E-state index contributed by atoms with van der Waals surface area (Å²) >= 11 is 0. The van der Waals surface area contributed by atoms with E-state index in [1.54, 1.807) is 6.07 Å². The molecule has 0 bridgehead atoms. The summed E-state index contributed by atoms with van der Waals surface area (Å²) in [6.45, 7) is 3.76. The molecule has 2 aliphatic heterocycles. The van der Waals surface area contributed by atoms with Crippen molar-refractivity contribution in [1.29, 1.82) is 0 Å². The number of carbonyl (C=O) groups is 1. The minimum atomic E-state index is -0.358. The molecular formula is C23H28FN5O3. The van der Waals surface area contributed by atoms with E-state index in [2.05, 4.69) is 15.5 Å². The minimum Gasteiger partial charge on any atom is -0.349 e. The molecule has 9 heteroatoms. The highest BCUT2D eigenvalue weighted by Crippen LogP contribution is 2.36. The number of aromatic nitrogens is 2. The van der Waals surface area contributed by atoms with Crippen molar-refractivity contribution < 1.29 is 18.7 Å². The van der Waals surface area contributed by atoms with Gasteiger partial charge in [-0.3, -0.25) is 4.79 Å². The Bertz CT molecular complexity index is 1010. The van der Waals surface area contributed by atoms with Crippen LogP contribution in [0.25, 0.3) is 11.3 Å². The van der Waals surface area contributed by atoms with Crippen molar-refractivity contribution in [2.75, 3.05) is 36.6 Å². The molecule has 3 aliphatic rings. The van der Waals surface area contributed by atoms with Crippen LogP contribution in [0.1, 0.15) is 48.0 Å². The lowest BCUT2D eigenvalue weighted by Gasteiger charge is -2.39. The highest BCUT2D eigenvalue weighted by Gasteiger charge is 2.34. The third kappa shape index (κ3) is 4.14. The second-order valence-electron chi connectivity index (χ2n) is 8.53. The smallest absolute Gasteiger partial charge is 0.258 e. The van der Waals surface area contributed by atoms with Crippen LogP contribution in [0.15, 0.2) is 18.2 Å². The van der Waals surface area contributed by atoms with Crippen LogP contribution in [0.2, 0.25) is 0 Å². The van der Waals surface area contributed by atoms with Crippen molar-refractivity contribution in [2.24, 2.45) is 0 Å². The van der Waals surface area contributed by atoms with Crippen LogP contribution in [0.3, 0.4) is 0 Å². The van der Waals surface area contributed by atoms with Crippen LogP contribution in [0.4, 0.5) is 16.2 Å². The number of amides is 1. The fourth-order valence-corrected chi connectivity index (χ4v) is 4.75. The SMILES string of the molecule is Cc1cc(F)ccc1-c1nc(NCC2OCCO2)nc2c1C(=O)NCN2C1CCCCC1. The van der Waals surface area contributed by atoms with E-state index >= 15 is 0 Å². The zero-order valence-corrected chi connectivity index (χ0v) is 18.2. The van der Waals surface area contributed by atoms with Gasteiger partial charge in [0.2, 0.25) is 5.95 Å². The highest BCUT2D eigenvalue weighted by molar-refractivity contribution is 6.06. The second-order valence-corrected chi connectivity index (χ2v) is 8.53. The Kier molecular flexibility index (Phi) is 5.93. The molecule has 5 rings (SSSR count). The molecule has 1 aromatic heterocycles. The van der Waals surface area contributed by atoms with Gasteiger partial charge in [-0.15, -0.1) is 0 Å². The maximum atomic E-state index is 13.8. The largest absolute Gasteiger partial charge is 0.349 e. The van der Waals surface area contributed by atoms with Gasteiger partial charge in [-0.1, -0.05) is 19.3 Å². The lowest BCUT2D eigenvalue weighted by Crippen LogP contribution is -2.50. The van der Waals surface area contributed by atoms with Crippen molar-refractivity contribution in [3.05, 3.63) is 35.1 Å². The van der Waals surface area contributed by atoms with Gasteiger partial charge in [0.1, 0.15) is 17.2 Å². The molecule has 2 N–H and O–H groups in total. The molecule has 8 nitrogen and oxygen atoms in total. The summed E-state index contributed by atoms with van der Waals surface area (Å²) in [6.07, 6.45) is 5.35. The summed E-state index contributed by atoms with van der Waals surface area (Å²) < 4.78 is 24.8. The molecular weight excluding hydrogens is 413 g/mol. The summed E-state index contributed by atoms with van der Waals surface area (Å²) in [5.74, 6) is 0.498. The average Bonchev–Trinajstić information content (AvgIpc) is 3.32. The zero-order valence-electron chi connectivity index (χ0n) is 18.2. The monoisotopic (exact) mass is 441 g/mol. The molecule has 0 atom stereocenters. The normalized spacial score (nSPS) is 19.7. The third-order valence-electron chi connectivity index (χ3n) is 6.38. The number of fused-ring (bicyclic) bond motifs is 1. The molecule has 0 spiro atoms. The minimum absolute atomic E-state index is 0.209. The van der Waals surface area contributed by atoms with E-state index in [4.69, 9.17) is 19.4 Å². The summed E-state index contributed by atoms with van der Waals surface area (Å²) in [7, 11) is 0. The van der Waals surface area contributed by atoms with Crippen molar-refractivity contribution in [3.8, 4) is 11.3 Å². The number of hydrogen-bond donors (Lipinski definition) is 2. The quantitative estimate of drug-likeness (QED) is 0.737. The summed E-state index contributed by atoms with van der Waals surface area (Å²) in [5.41, 5.74) is 2.36. The van der Waals surface area contributed by atoms with Gasteiger partial charge in [-0.25, -0.2) is 9.37 Å². The molecule has 0 unspecified atom stereocenters. The number of aryl methyl sites for hydroxylation is 1. The molecule has 1 amide bonds. The number of rotatable bonds is 5. The van der Waals surface area contributed by atoms with Gasteiger partial charge in [-0.05, 0) is 43.5 Å². The predicted molar refractivity (Wildman–Crippen MR) is 118 cm³/mol. The molecule has 1 saturated carbocycles. The van der Waals surface area contributed by atoms with Gasteiger partial charge >= 0.3 is 0 Å². The maximum absolute atomic E-state index is 13.8. The van der Waals surface area contributed by atoms with Crippen molar-refractivity contribution in [1.82, 2.24) is 15.3 Å². The molecule has 1 aliphatic carbocycles. The van der Waals surface area contributed by atoms with Crippen molar-refractivity contribution in [3.63, 3.8) is 0 Å². The highest BCUT2D eigenvalue weighted by atomic mass is 19.1. The maximum Gasteiger partial charge on any atom is 0.258 e. The molecule has 2 fully saturated rings. The number of benzene rings is 1. The second kappa shape index (κ2) is 8.99. The molecule has 2 aromatic rings. The van der Waals surface area contributed by atoms with E-state index in [9.17, 15) is 9.18 Å². The van der Waals surface area contributed by atoms with E-state index < -0.39 is 0 Å². The van der Waals surface area contributed by atoms with E-state index in [1.165, 1.54) is 31.4 Å². The first-order chi connectivity index (χ1) is 15.6. The lowest BCUT2D eigenvalue weighted by atomic mass is 9.93. The van der Waals surface area contributed by atoms with Crippen LogP contribution in [-0.2, 0) is 9.47 Å². The van der Waals surface area contributed by atoms with Crippen LogP contribution in [0.5, 0.6) is 0 Å². The van der Waals surface area contributed by atoms with Gasteiger partial charge in [0.05, 0.1) is 32.1 Å². The Hall–Kier alpha value is -2.78. The number of ether oxygens (including phenoxy) is 2. The predicted octanol–water partition coefficient (Wildman–Crippen LogP) is 3.22.